The average molecular weight is 456 g/mol. The van der Waals surface area contributed by atoms with Crippen molar-refractivity contribution in [2.24, 2.45) is 10.9 Å². The summed E-state index contributed by atoms with van der Waals surface area (Å²) in [5, 5.41) is 5.25. The summed E-state index contributed by atoms with van der Waals surface area (Å²) in [4.78, 5) is -0.983. The second-order valence-electron chi connectivity index (χ2n) is 7.86. The summed E-state index contributed by atoms with van der Waals surface area (Å²) in [6.45, 7) is 0. The molecule has 2 fully saturated rings. The van der Waals surface area contributed by atoms with Crippen LogP contribution in [0.3, 0.4) is 0 Å². The first-order valence-electron chi connectivity index (χ1n) is 9.68. The monoisotopic (exact) mass is 456 g/mol. The molecule has 1 heterocycles. The van der Waals surface area contributed by atoms with E-state index in [9.17, 15) is 21.6 Å². The van der Waals surface area contributed by atoms with Crippen molar-refractivity contribution in [3.63, 3.8) is 0 Å². The molecule has 0 amide bonds. The first-order valence-corrected chi connectivity index (χ1v) is 11.2. The Kier molecular flexibility index (Phi) is 5.58. The van der Waals surface area contributed by atoms with E-state index >= 15 is 0 Å². The van der Waals surface area contributed by atoms with Gasteiger partial charge in [0.1, 0.15) is 11.1 Å². The molecule has 2 aromatic rings. The van der Waals surface area contributed by atoms with Gasteiger partial charge < -0.3 is 5.73 Å². The molecule has 0 spiro atoms. The van der Waals surface area contributed by atoms with Crippen LogP contribution in [0.4, 0.5) is 13.2 Å². The molecule has 1 aliphatic heterocycles. The van der Waals surface area contributed by atoms with Crippen LogP contribution >= 0.6 is 0 Å². The zero-order chi connectivity index (χ0) is 22.4. The number of hydrogen-bond donors (Lipinski definition) is 6. The number of nitrogens with two attached hydrogens (primary N) is 2. The number of hydrazine groups is 3. The van der Waals surface area contributed by atoms with E-state index < -0.39 is 38.4 Å². The van der Waals surface area contributed by atoms with Gasteiger partial charge in [-0.15, -0.1) is 0 Å². The van der Waals surface area contributed by atoms with Gasteiger partial charge in [-0.25, -0.2) is 24.4 Å². The maximum atomic E-state index is 13.6. The summed E-state index contributed by atoms with van der Waals surface area (Å²) >= 11 is 0. The highest BCUT2D eigenvalue weighted by molar-refractivity contribution is 7.89. The van der Waals surface area contributed by atoms with Gasteiger partial charge in [0.2, 0.25) is 10.0 Å². The van der Waals surface area contributed by atoms with Gasteiger partial charge in [0.15, 0.2) is 0 Å². The summed E-state index contributed by atoms with van der Waals surface area (Å²) < 4.78 is 65.5. The van der Waals surface area contributed by atoms with Gasteiger partial charge in [-0.1, -0.05) is 43.2 Å². The van der Waals surface area contributed by atoms with Crippen LogP contribution in [0.5, 0.6) is 0 Å². The van der Waals surface area contributed by atoms with E-state index in [2.05, 4.69) is 21.9 Å². The molecule has 0 aromatic heterocycles. The van der Waals surface area contributed by atoms with Crippen molar-refractivity contribution in [2.45, 2.75) is 48.5 Å². The minimum atomic E-state index is -4.91. The van der Waals surface area contributed by atoms with E-state index in [0.717, 1.165) is 37.3 Å². The molecule has 8 nitrogen and oxygen atoms in total. The standard InChI is InChI=1S/C19H23F3N6O2S/c20-19(21,22)14-8-7-13(15(16(14)31(24,29)30)17-25-27-28-26-17)11-3-5-12(6-4-11)18(23)9-1-2-10-18/h3-8,17,25-28H,1-2,9-10,23H2,(H2,24,29,30). The molecule has 31 heavy (non-hydrogen) atoms. The predicted octanol–water partition coefficient (Wildman–Crippen LogP) is 1.86. The molecule has 8 N–H and O–H groups in total. The van der Waals surface area contributed by atoms with Crippen LogP contribution in [0.1, 0.15) is 48.5 Å². The lowest BCUT2D eigenvalue weighted by Gasteiger charge is -2.25. The van der Waals surface area contributed by atoms with Gasteiger partial charge >= 0.3 is 6.18 Å². The van der Waals surface area contributed by atoms with Crippen molar-refractivity contribution in [2.75, 3.05) is 0 Å². The lowest BCUT2D eigenvalue weighted by atomic mass is 9.87. The van der Waals surface area contributed by atoms with E-state index in [-0.39, 0.29) is 11.1 Å². The predicted molar refractivity (Wildman–Crippen MR) is 108 cm³/mol. The van der Waals surface area contributed by atoms with Gasteiger partial charge in [0.05, 0.1) is 5.56 Å². The van der Waals surface area contributed by atoms with Crippen LogP contribution in [0, 0.1) is 0 Å². The summed E-state index contributed by atoms with van der Waals surface area (Å²) in [6, 6.07) is 9.13. The van der Waals surface area contributed by atoms with Crippen molar-refractivity contribution in [3.8, 4) is 11.1 Å². The van der Waals surface area contributed by atoms with Crippen molar-refractivity contribution >= 4 is 10.0 Å². The third-order valence-corrected chi connectivity index (χ3v) is 6.85. The molecule has 4 rings (SSSR count). The molecule has 1 saturated carbocycles. The SMILES string of the molecule is NC1(c2ccc(-c3ccc(C(F)(F)F)c(S(N)(=O)=O)c3C3NNNN3)cc2)CCCC1. The van der Waals surface area contributed by atoms with E-state index in [1.807, 2.05) is 12.1 Å². The van der Waals surface area contributed by atoms with Crippen LogP contribution in [-0.2, 0) is 21.7 Å². The van der Waals surface area contributed by atoms with Crippen LogP contribution < -0.4 is 32.8 Å². The molecule has 0 bridgehead atoms. The molecule has 12 heteroatoms. The topological polar surface area (TPSA) is 134 Å². The summed E-state index contributed by atoms with van der Waals surface area (Å²) in [5.74, 6) is 0. The molecular formula is C19H23F3N6O2S. The van der Waals surface area contributed by atoms with Crippen LogP contribution in [-0.4, -0.2) is 8.42 Å². The third kappa shape index (κ3) is 4.20. The Morgan fingerprint density at radius 2 is 1.55 bits per heavy atom. The average Bonchev–Trinajstić information content (AvgIpc) is 3.38. The van der Waals surface area contributed by atoms with E-state index in [4.69, 9.17) is 10.9 Å². The van der Waals surface area contributed by atoms with Crippen molar-refractivity contribution in [1.82, 2.24) is 21.9 Å². The fraction of sp³-hybridized carbons (Fsp3) is 0.368. The Bertz CT molecular complexity index is 1080. The number of nitrogens with one attached hydrogen (secondary N) is 4. The normalized spacial score (nSPS) is 19.8. The maximum Gasteiger partial charge on any atom is 0.417 e. The van der Waals surface area contributed by atoms with Crippen molar-refractivity contribution in [3.05, 3.63) is 53.1 Å². The lowest BCUT2D eigenvalue weighted by Crippen LogP contribution is -2.33. The van der Waals surface area contributed by atoms with Crippen LogP contribution in [0.25, 0.3) is 11.1 Å². The van der Waals surface area contributed by atoms with Gasteiger partial charge in [-0.2, -0.15) is 24.2 Å². The molecule has 2 aliphatic rings. The largest absolute Gasteiger partial charge is 0.417 e. The van der Waals surface area contributed by atoms with Gasteiger partial charge in [-0.05, 0) is 35.6 Å². The Labute approximate surface area is 177 Å². The number of alkyl halides is 3. The van der Waals surface area contributed by atoms with E-state index in [0.29, 0.717) is 5.56 Å². The quantitative estimate of drug-likeness (QED) is 0.414. The van der Waals surface area contributed by atoms with Gasteiger partial charge in [0.25, 0.3) is 0 Å². The fourth-order valence-corrected chi connectivity index (χ4v) is 5.37. The van der Waals surface area contributed by atoms with Crippen molar-refractivity contribution < 1.29 is 21.6 Å². The van der Waals surface area contributed by atoms with Gasteiger partial charge in [0, 0.05) is 11.1 Å². The molecule has 1 saturated heterocycles. The highest BCUT2D eigenvalue weighted by Gasteiger charge is 2.40. The molecule has 2 aromatic carbocycles. The molecule has 0 atom stereocenters. The summed E-state index contributed by atoms with van der Waals surface area (Å²) in [6.07, 6.45) is -2.11. The number of halogens is 3. The summed E-state index contributed by atoms with van der Waals surface area (Å²) in [5.41, 5.74) is 16.7. The third-order valence-electron chi connectivity index (χ3n) is 5.84. The molecule has 0 unspecified atom stereocenters. The minimum Gasteiger partial charge on any atom is -0.321 e. The number of sulfonamides is 1. The van der Waals surface area contributed by atoms with Crippen LogP contribution in [0.15, 0.2) is 41.3 Å². The van der Waals surface area contributed by atoms with Crippen molar-refractivity contribution in [1.29, 1.82) is 0 Å². The smallest absolute Gasteiger partial charge is 0.321 e. The second kappa shape index (κ2) is 7.81. The summed E-state index contributed by atoms with van der Waals surface area (Å²) in [7, 11) is -4.72. The Morgan fingerprint density at radius 3 is 2.06 bits per heavy atom. The number of hydrogen-bond acceptors (Lipinski definition) is 7. The number of benzene rings is 2. The first-order chi connectivity index (χ1) is 14.5. The zero-order valence-electron chi connectivity index (χ0n) is 16.4. The van der Waals surface area contributed by atoms with Crippen LogP contribution in [0.2, 0.25) is 0 Å². The van der Waals surface area contributed by atoms with E-state index in [1.165, 1.54) is 6.07 Å². The Balaban J connectivity index is 1.90. The lowest BCUT2D eigenvalue weighted by molar-refractivity contribution is -0.140. The first kappa shape index (κ1) is 22.1. The Hall–Kier alpha value is -2.06. The molecule has 1 aliphatic carbocycles. The van der Waals surface area contributed by atoms with E-state index in [1.54, 1.807) is 12.1 Å². The second-order valence-corrected chi connectivity index (χ2v) is 9.36. The minimum absolute atomic E-state index is 0.147. The maximum absolute atomic E-state index is 13.6. The highest BCUT2D eigenvalue weighted by Crippen LogP contribution is 2.42. The molecule has 168 valence electrons. The molecule has 0 radical (unpaired) electrons. The highest BCUT2D eigenvalue weighted by atomic mass is 32.2. The number of primary sulfonamides is 1. The van der Waals surface area contributed by atoms with Gasteiger partial charge in [-0.3, -0.25) is 0 Å². The number of rotatable bonds is 4. The molecular weight excluding hydrogens is 433 g/mol. The zero-order valence-corrected chi connectivity index (χ0v) is 17.2. The fourth-order valence-electron chi connectivity index (χ4n) is 4.34. The Morgan fingerprint density at radius 1 is 0.968 bits per heavy atom.